The van der Waals surface area contributed by atoms with Gasteiger partial charge in [0.25, 0.3) is 0 Å². The van der Waals surface area contributed by atoms with Gasteiger partial charge in [-0.3, -0.25) is 0 Å². The maximum atomic E-state index is 10.7. The van der Waals surface area contributed by atoms with Gasteiger partial charge in [-0.1, -0.05) is 0 Å². The van der Waals surface area contributed by atoms with Gasteiger partial charge < -0.3 is 10.0 Å². The number of aromatic carboxylic acids is 1. The van der Waals surface area contributed by atoms with E-state index in [1.807, 2.05) is 14.1 Å². The minimum absolute atomic E-state index is 0.289. The smallest absolute Gasteiger partial charge is 0.335 e. The van der Waals surface area contributed by atoms with E-state index in [2.05, 4.69) is 9.88 Å². The van der Waals surface area contributed by atoms with E-state index in [1.54, 1.807) is 17.8 Å². The normalized spacial score (nSPS) is 10.6. The molecular weight excluding hydrogens is 212 g/mol. The van der Waals surface area contributed by atoms with Crippen molar-refractivity contribution in [1.82, 2.24) is 9.88 Å². The van der Waals surface area contributed by atoms with Crippen LogP contribution in [0.2, 0.25) is 0 Å². The first kappa shape index (κ1) is 12.0. The Labute approximate surface area is 93.3 Å². The Balaban J connectivity index is 2.54. The van der Waals surface area contributed by atoms with Crippen LogP contribution in [-0.4, -0.2) is 47.4 Å². The van der Waals surface area contributed by atoms with Gasteiger partial charge in [-0.2, -0.15) is 0 Å². The second-order valence-corrected chi connectivity index (χ2v) is 4.45. The van der Waals surface area contributed by atoms with Crippen LogP contribution < -0.4 is 0 Å². The molecule has 0 aliphatic carbocycles. The number of rotatable bonds is 5. The van der Waals surface area contributed by atoms with Crippen LogP contribution >= 0.6 is 11.8 Å². The average Bonchev–Trinajstić information content (AvgIpc) is 2.17. The summed E-state index contributed by atoms with van der Waals surface area (Å²) in [6.07, 6.45) is 1.53. The number of hydrogen-bond acceptors (Lipinski definition) is 4. The van der Waals surface area contributed by atoms with Gasteiger partial charge in [-0.15, -0.1) is 11.8 Å². The van der Waals surface area contributed by atoms with Crippen molar-refractivity contribution in [2.75, 3.05) is 26.4 Å². The zero-order valence-corrected chi connectivity index (χ0v) is 9.62. The first-order valence-electron chi connectivity index (χ1n) is 4.56. The molecule has 1 aromatic heterocycles. The highest BCUT2D eigenvalue weighted by molar-refractivity contribution is 7.99. The number of hydrogen-bond donors (Lipinski definition) is 1. The van der Waals surface area contributed by atoms with Crippen molar-refractivity contribution in [3.63, 3.8) is 0 Å². The summed E-state index contributed by atoms with van der Waals surface area (Å²) in [6.45, 7) is 0.948. The van der Waals surface area contributed by atoms with Gasteiger partial charge in [-0.25, -0.2) is 9.78 Å². The molecule has 1 aromatic rings. The molecule has 0 saturated heterocycles. The Kier molecular flexibility index (Phi) is 4.58. The molecule has 5 heteroatoms. The van der Waals surface area contributed by atoms with Gasteiger partial charge in [0.15, 0.2) is 0 Å². The third-order valence-electron chi connectivity index (χ3n) is 1.77. The van der Waals surface area contributed by atoms with E-state index in [0.717, 1.165) is 17.3 Å². The molecule has 0 atom stereocenters. The van der Waals surface area contributed by atoms with Gasteiger partial charge in [0, 0.05) is 18.5 Å². The fraction of sp³-hybridized carbons (Fsp3) is 0.400. The van der Waals surface area contributed by atoms with E-state index in [-0.39, 0.29) is 5.56 Å². The van der Waals surface area contributed by atoms with Crippen molar-refractivity contribution in [3.05, 3.63) is 23.9 Å². The second kappa shape index (κ2) is 5.72. The molecule has 0 aromatic carbocycles. The number of carboxylic acids is 1. The molecule has 0 fully saturated rings. The molecule has 0 bridgehead atoms. The fourth-order valence-corrected chi connectivity index (χ4v) is 1.97. The second-order valence-electron chi connectivity index (χ2n) is 3.34. The van der Waals surface area contributed by atoms with E-state index in [4.69, 9.17) is 5.11 Å². The van der Waals surface area contributed by atoms with Crippen molar-refractivity contribution in [1.29, 1.82) is 0 Å². The van der Waals surface area contributed by atoms with Gasteiger partial charge in [0.2, 0.25) is 0 Å². The Morgan fingerprint density at radius 2 is 2.33 bits per heavy atom. The lowest BCUT2D eigenvalue weighted by Gasteiger charge is -2.08. The number of aromatic nitrogens is 1. The van der Waals surface area contributed by atoms with E-state index in [9.17, 15) is 4.79 Å². The summed E-state index contributed by atoms with van der Waals surface area (Å²) in [5, 5.41) is 9.54. The molecule has 0 aliphatic rings. The third-order valence-corrected chi connectivity index (χ3v) is 2.68. The molecule has 82 valence electrons. The Morgan fingerprint density at radius 1 is 1.60 bits per heavy atom. The fourth-order valence-electron chi connectivity index (χ4n) is 0.954. The zero-order valence-electron chi connectivity index (χ0n) is 8.80. The molecule has 0 unspecified atom stereocenters. The van der Waals surface area contributed by atoms with Gasteiger partial charge in [0.1, 0.15) is 0 Å². The van der Waals surface area contributed by atoms with Crippen molar-refractivity contribution in [3.8, 4) is 0 Å². The molecular formula is C10H14N2O2S. The molecule has 4 nitrogen and oxygen atoms in total. The van der Waals surface area contributed by atoms with E-state index < -0.39 is 5.97 Å². The standard InChI is InChI=1S/C10H14N2O2S/c1-12(2)5-6-15-9-7-8(10(13)14)3-4-11-9/h3-4,7H,5-6H2,1-2H3,(H,13,14). The number of carboxylic acid groups (broad SMARTS) is 1. The van der Waals surface area contributed by atoms with Crippen LogP contribution in [0.1, 0.15) is 10.4 Å². The summed E-state index contributed by atoms with van der Waals surface area (Å²) in [5.74, 6) is -0.00449. The van der Waals surface area contributed by atoms with E-state index in [1.165, 1.54) is 12.3 Å². The zero-order chi connectivity index (χ0) is 11.3. The maximum Gasteiger partial charge on any atom is 0.335 e. The molecule has 1 heterocycles. The minimum atomic E-state index is -0.910. The van der Waals surface area contributed by atoms with Gasteiger partial charge in [0.05, 0.1) is 10.6 Å². The molecule has 1 rings (SSSR count). The number of thioether (sulfide) groups is 1. The molecule has 0 amide bonds. The highest BCUT2D eigenvalue weighted by Gasteiger charge is 2.04. The lowest BCUT2D eigenvalue weighted by Crippen LogP contribution is -2.14. The molecule has 1 N–H and O–H groups in total. The van der Waals surface area contributed by atoms with Crippen LogP contribution in [0, 0.1) is 0 Å². The third kappa shape index (κ3) is 4.31. The summed E-state index contributed by atoms with van der Waals surface area (Å²) >= 11 is 1.56. The quantitative estimate of drug-likeness (QED) is 0.770. The van der Waals surface area contributed by atoms with Crippen LogP contribution in [0.3, 0.4) is 0 Å². The van der Waals surface area contributed by atoms with Crippen molar-refractivity contribution < 1.29 is 9.90 Å². The highest BCUT2D eigenvalue weighted by Crippen LogP contribution is 2.15. The van der Waals surface area contributed by atoms with Crippen molar-refractivity contribution in [2.24, 2.45) is 0 Å². The molecule has 0 spiro atoms. The lowest BCUT2D eigenvalue weighted by molar-refractivity contribution is 0.0696. The van der Waals surface area contributed by atoms with Crippen LogP contribution in [0.5, 0.6) is 0 Å². The Morgan fingerprint density at radius 3 is 2.93 bits per heavy atom. The van der Waals surface area contributed by atoms with Crippen molar-refractivity contribution in [2.45, 2.75) is 5.03 Å². The van der Waals surface area contributed by atoms with E-state index >= 15 is 0 Å². The first-order valence-corrected chi connectivity index (χ1v) is 5.55. The number of carbonyl (C=O) groups is 1. The predicted octanol–water partition coefficient (Wildman–Crippen LogP) is 1.43. The first-order chi connectivity index (χ1) is 7.09. The molecule has 0 saturated carbocycles. The Bertz CT molecular complexity index is 342. The van der Waals surface area contributed by atoms with Crippen LogP contribution in [0.15, 0.2) is 23.4 Å². The van der Waals surface area contributed by atoms with E-state index in [0.29, 0.717) is 0 Å². The van der Waals surface area contributed by atoms with Crippen LogP contribution in [0.4, 0.5) is 0 Å². The largest absolute Gasteiger partial charge is 0.478 e. The highest BCUT2D eigenvalue weighted by atomic mass is 32.2. The summed E-state index contributed by atoms with van der Waals surface area (Å²) in [6, 6.07) is 3.10. The Hall–Kier alpha value is -1.07. The number of pyridine rings is 1. The number of nitrogens with zero attached hydrogens (tertiary/aromatic N) is 2. The summed E-state index contributed by atoms with van der Waals surface area (Å²) in [4.78, 5) is 16.9. The minimum Gasteiger partial charge on any atom is -0.478 e. The van der Waals surface area contributed by atoms with Crippen molar-refractivity contribution >= 4 is 17.7 Å². The maximum absolute atomic E-state index is 10.7. The average molecular weight is 226 g/mol. The topological polar surface area (TPSA) is 53.4 Å². The monoisotopic (exact) mass is 226 g/mol. The predicted molar refractivity (Wildman–Crippen MR) is 60.5 cm³/mol. The van der Waals surface area contributed by atoms with Crippen LogP contribution in [0.25, 0.3) is 0 Å². The van der Waals surface area contributed by atoms with Crippen LogP contribution in [-0.2, 0) is 0 Å². The summed E-state index contributed by atoms with van der Waals surface area (Å²) in [7, 11) is 4.00. The van der Waals surface area contributed by atoms with Gasteiger partial charge in [-0.05, 0) is 26.2 Å². The molecule has 0 aliphatic heterocycles. The summed E-state index contributed by atoms with van der Waals surface area (Å²) < 4.78 is 0. The summed E-state index contributed by atoms with van der Waals surface area (Å²) in [5.41, 5.74) is 0.289. The van der Waals surface area contributed by atoms with Gasteiger partial charge >= 0.3 is 5.97 Å². The molecule has 15 heavy (non-hydrogen) atoms. The lowest BCUT2D eigenvalue weighted by atomic mass is 10.3. The molecule has 0 radical (unpaired) electrons. The SMILES string of the molecule is CN(C)CCSc1cc(C(=O)O)ccn1.